The number of aliphatic hydroxyl groups is 1. The molecule has 12 heteroatoms. The fourth-order valence-electron chi connectivity index (χ4n) is 6.64. The van der Waals surface area contributed by atoms with E-state index < -0.39 is 32.5 Å². The summed E-state index contributed by atoms with van der Waals surface area (Å²) in [5.41, 5.74) is 2.68. The van der Waals surface area contributed by atoms with Crippen LogP contribution in [0.15, 0.2) is 65.2 Å². The van der Waals surface area contributed by atoms with Crippen molar-refractivity contribution < 1.29 is 51.6 Å². The van der Waals surface area contributed by atoms with E-state index in [1.807, 2.05) is 52.4 Å². The van der Waals surface area contributed by atoms with Crippen molar-refractivity contribution in [3.63, 3.8) is 0 Å². The van der Waals surface area contributed by atoms with Gasteiger partial charge in [-0.1, -0.05) is 139 Å². The second-order valence-electron chi connectivity index (χ2n) is 17.9. The van der Waals surface area contributed by atoms with Crippen molar-refractivity contribution in [1.29, 1.82) is 0 Å². The Bertz CT molecular complexity index is 1570. The topological polar surface area (TPSA) is 145 Å². The maximum Gasteiger partial charge on any atom is 0.306 e. The summed E-state index contributed by atoms with van der Waals surface area (Å²) in [7, 11) is 1.09. The van der Waals surface area contributed by atoms with Crippen LogP contribution in [0, 0.1) is 13.8 Å². The van der Waals surface area contributed by atoms with Crippen LogP contribution in [0.1, 0.15) is 171 Å². The number of hydrogen-bond donors (Lipinski definition) is 1. The summed E-state index contributed by atoms with van der Waals surface area (Å²) in [6.45, 7) is 8.15. The zero-order valence-electron chi connectivity index (χ0n) is 41.0. The first-order valence-corrected chi connectivity index (χ1v) is 25.9. The van der Waals surface area contributed by atoms with Gasteiger partial charge in [-0.15, -0.1) is 0 Å². The maximum absolute atomic E-state index is 12.8. The van der Waals surface area contributed by atoms with Crippen molar-refractivity contribution in [2.24, 2.45) is 0 Å². The lowest BCUT2D eigenvalue weighted by Gasteiger charge is -2.28. The Labute approximate surface area is 388 Å². The quantitative estimate of drug-likeness (QED) is 0.0169. The van der Waals surface area contributed by atoms with E-state index >= 15 is 0 Å². The molecular formula is C52H88NO10P. The van der Waals surface area contributed by atoms with E-state index in [1.54, 1.807) is 6.08 Å². The van der Waals surface area contributed by atoms with Gasteiger partial charge in [-0.05, 0) is 82.8 Å². The molecule has 0 aromatic carbocycles. The van der Waals surface area contributed by atoms with Crippen molar-refractivity contribution in [3.05, 3.63) is 83.4 Å². The third-order valence-electron chi connectivity index (χ3n) is 10.9. The molecule has 366 valence electrons. The van der Waals surface area contributed by atoms with Gasteiger partial charge >= 0.3 is 11.9 Å². The Hall–Kier alpha value is -3.05. The lowest BCUT2D eigenvalue weighted by atomic mass is 10.0. The van der Waals surface area contributed by atoms with Crippen LogP contribution in [0.2, 0.25) is 0 Å². The van der Waals surface area contributed by atoms with Crippen LogP contribution in [-0.4, -0.2) is 81.2 Å². The molecule has 0 bridgehead atoms. The number of allylic oxidation sites excluding steroid dienone is 9. The number of phosphoric acid groups is 1. The van der Waals surface area contributed by atoms with E-state index in [9.17, 15) is 24.2 Å². The number of nitrogens with zero attached hydrogens (tertiary/aromatic N) is 1. The van der Waals surface area contributed by atoms with Gasteiger partial charge in [0.05, 0.1) is 33.9 Å². The number of phosphoric ester groups is 1. The van der Waals surface area contributed by atoms with Gasteiger partial charge < -0.3 is 37.4 Å². The number of likely N-dealkylation sites (N-methyl/N-ethyl adjacent to an activating group) is 1. The van der Waals surface area contributed by atoms with Gasteiger partial charge in [0.2, 0.25) is 0 Å². The van der Waals surface area contributed by atoms with Gasteiger partial charge in [-0.25, -0.2) is 0 Å². The first kappa shape index (κ1) is 59.0. The average Bonchev–Trinajstić information content (AvgIpc) is 3.51. The van der Waals surface area contributed by atoms with E-state index in [4.69, 9.17) is 22.9 Å². The number of carbonyl (C=O) groups excluding carboxylic acids is 2. The molecule has 0 radical (unpaired) electrons. The molecule has 0 saturated heterocycles. The molecule has 1 aromatic heterocycles. The molecular weight excluding hydrogens is 830 g/mol. The predicted molar refractivity (Wildman–Crippen MR) is 259 cm³/mol. The number of ether oxygens (including phenoxy) is 2. The zero-order chi connectivity index (χ0) is 47.3. The highest BCUT2D eigenvalue weighted by Crippen LogP contribution is 2.38. The molecule has 0 fully saturated rings. The van der Waals surface area contributed by atoms with E-state index in [1.165, 1.54) is 74.0 Å². The molecule has 11 nitrogen and oxygen atoms in total. The van der Waals surface area contributed by atoms with Crippen LogP contribution in [0.25, 0.3) is 0 Å². The van der Waals surface area contributed by atoms with E-state index in [2.05, 4.69) is 51.2 Å². The van der Waals surface area contributed by atoms with E-state index in [-0.39, 0.29) is 32.2 Å². The monoisotopic (exact) mass is 918 g/mol. The van der Waals surface area contributed by atoms with Crippen LogP contribution < -0.4 is 4.89 Å². The number of unbranched alkanes of at least 4 members (excludes halogenated alkanes) is 12. The Kier molecular flexibility index (Phi) is 34.2. The molecule has 0 spiro atoms. The highest BCUT2D eigenvalue weighted by Gasteiger charge is 2.22. The standard InChI is InChI=1S/C52H88NO10P/c1-8-10-31-37-49-45(3)46(4)50(63-49)38-33-28-24-20-17-18-22-26-30-35-40-52(56)62-48(44-61-64(57,58)60-42-41-53(5,6)7)43-59-51(55)39-34-29-25-21-16-14-12-11-13-15-19-23-27-32-36-47(54)9-2/h12-15,21,23,25,27,32,36,47-48,54H,8-11,16-20,22,24,26,28-31,33-35,37-44H2,1-7H3/b14-12-,15-13-,25-21-,27-23-,36-32+/t47-,48+/m0/s1. The first-order valence-electron chi connectivity index (χ1n) is 24.5. The third kappa shape index (κ3) is 33.4. The van der Waals surface area contributed by atoms with Gasteiger partial charge in [-0.2, -0.15) is 0 Å². The maximum atomic E-state index is 12.8. The lowest BCUT2D eigenvalue weighted by molar-refractivity contribution is -0.870. The summed E-state index contributed by atoms with van der Waals surface area (Å²) in [5.74, 6) is 1.42. The number of quaternary nitrogens is 1. The van der Waals surface area contributed by atoms with Crippen LogP contribution in [0.3, 0.4) is 0 Å². The molecule has 0 saturated carbocycles. The van der Waals surface area contributed by atoms with Gasteiger partial charge in [0, 0.05) is 25.7 Å². The Morgan fingerprint density at radius 2 is 1.22 bits per heavy atom. The number of aryl methyl sites for hydroxylation is 2. The highest BCUT2D eigenvalue weighted by molar-refractivity contribution is 7.45. The second-order valence-corrected chi connectivity index (χ2v) is 19.3. The fourth-order valence-corrected chi connectivity index (χ4v) is 7.37. The molecule has 0 aliphatic carbocycles. The zero-order valence-corrected chi connectivity index (χ0v) is 41.9. The minimum Gasteiger partial charge on any atom is -0.756 e. The molecule has 1 aromatic rings. The minimum absolute atomic E-state index is 0.0541. The summed E-state index contributed by atoms with van der Waals surface area (Å²) >= 11 is 0. The summed E-state index contributed by atoms with van der Waals surface area (Å²) in [4.78, 5) is 37.7. The molecule has 0 aliphatic rings. The highest BCUT2D eigenvalue weighted by atomic mass is 31.2. The Morgan fingerprint density at radius 3 is 1.80 bits per heavy atom. The summed E-state index contributed by atoms with van der Waals surface area (Å²) in [5, 5.41) is 9.49. The predicted octanol–water partition coefficient (Wildman–Crippen LogP) is 12.0. The lowest BCUT2D eigenvalue weighted by Crippen LogP contribution is -2.37. The normalized spacial score (nSPS) is 14.5. The van der Waals surface area contributed by atoms with Crippen molar-refractivity contribution in [3.8, 4) is 0 Å². The number of carbonyl (C=O) groups is 2. The second kappa shape index (κ2) is 37.1. The van der Waals surface area contributed by atoms with E-state index in [0.717, 1.165) is 57.8 Å². The van der Waals surface area contributed by atoms with Gasteiger partial charge in [0.1, 0.15) is 31.3 Å². The molecule has 0 aliphatic heterocycles. The molecule has 1 unspecified atom stereocenters. The molecule has 3 atom stereocenters. The number of aliphatic hydroxyl groups excluding tert-OH is 1. The first-order chi connectivity index (χ1) is 30.7. The number of furan rings is 1. The van der Waals surface area contributed by atoms with Crippen molar-refractivity contribution >= 4 is 19.8 Å². The van der Waals surface area contributed by atoms with Crippen LogP contribution in [0.4, 0.5) is 0 Å². The third-order valence-corrected chi connectivity index (χ3v) is 11.9. The number of rotatable bonds is 40. The van der Waals surface area contributed by atoms with Gasteiger partial charge in [0.15, 0.2) is 6.10 Å². The van der Waals surface area contributed by atoms with Crippen LogP contribution in [0.5, 0.6) is 0 Å². The van der Waals surface area contributed by atoms with Crippen molar-refractivity contribution in [1.82, 2.24) is 0 Å². The summed E-state index contributed by atoms with van der Waals surface area (Å²) in [6.07, 6.45) is 40.2. The number of hydrogen-bond acceptors (Lipinski definition) is 10. The van der Waals surface area contributed by atoms with Crippen molar-refractivity contribution in [2.45, 2.75) is 188 Å². The van der Waals surface area contributed by atoms with Gasteiger partial charge in [-0.3, -0.25) is 14.2 Å². The average molecular weight is 918 g/mol. The molecule has 1 heterocycles. The largest absolute Gasteiger partial charge is 0.756 e. The van der Waals surface area contributed by atoms with E-state index in [0.29, 0.717) is 36.7 Å². The Balaban J connectivity index is 2.35. The fraction of sp³-hybridized carbons (Fsp3) is 0.692. The van der Waals surface area contributed by atoms with Crippen LogP contribution >= 0.6 is 7.82 Å². The van der Waals surface area contributed by atoms with Crippen molar-refractivity contribution in [2.75, 3.05) is 47.5 Å². The molecule has 0 amide bonds. The minimum atomic E-state index is -4.66. The smallest absolute Gasteiger partial charge is 0.306 e. The number of esters is 2. The Morgan fingerprint density at radius 1 is 0.688 bits per heavy atom. The SMILES string of the molecule is CCCCCc1oc(CCCCCCCCCCCCC(=O)O[C@H](COC(=O)CCC/C=C\C/C=C\C/C=C\C/C=C\C=C\[C@@H](O)CC)COP(=O)([O-])OCC[N+](C)(C)C)c(C)c1C. The van der Waals surface area contributed by atoms with Gasteiger partial charge in [0.25, 0.3) is 7.82 Å². The summed E-state index contributed by atoms with van der Waals surface area (Å²) < 4.78 is 40.2. The summed E-state index contributed by atoms with van der Waals surface area (Å²) in [6, 6.07) is 0. The molecule has 1 rings (SSSR count). The molecule has 1 N–H and O–H groups in total. The van der Waals surface area contributed by atoms with Crippen LogP contribution in [-0.2, 0) is 45.5 Å². The molecule has 64 heavy (non-hydrogen) atoms.